The van der Waals surface area contributed by atoms with Gasteiger partial charge in [-0.25, -0.2) is 4.39 Å². The van der Waals surface area contributed by atoms with E-state index < -0.39 is 0 Å². The molecule has 2 atom stereocenters. The highest BCUT2D eigenvalue weighted by molar-refractivity contribution is 5.85. The molecule has 1 amide bonds. The van der Waals surface area contributed by atoms with Gasteiger partial charge in [0.2, 0.25) is 5.91 Å². The van der Waals surface area contributed by atoms with Gasteiger partial charge < -0.3 is 15.1 Å². The van der Waals surface area contributed by atoms with Crippen LogP contribution in [0.5, 0.6) is 0 Å². The topological polar surface area (TPSA) is 35.6 Å². The van der Waals surface area contributed by atoms with E-state index in [4.69, 9.17) is 0 Å². The van der Waals surface area contributed by atoms with Crippen molar-refractivity contribution in [3.05, 3.63) is 65.0 Å². The molecule has 4 nitrogen and oxygen atoms in total. The summed E-state index contributed by atoms with van der Waals surface area (Å²) < 4.78 is 14.1. The number of halogens is 1. The lowest BCUT2D eigenvalue weighted by Crippen LogP contribution is -2.46. The van der Waals surface area contributed by atoms with Crippen molar-refractivity contribution < 1.29 is 9.18 Å². The molecule has 0 bridgehead atoms. The molecule has 0 spiro atoms. The summed E-state index contributed by atoms with van der Waals surface area (Å²) in [6.45, 7) is 9.05. The summed E-state index contributed by atoms with van der Waals surface area (Å²) in [7, 11) is 0. The van der Waals surface area contributed by atoms with E-state index in [1.807, 2.05) is 25.1 Å². The summed E-state index contributed by atoms with van der Waals surface area (Å²) in [5.41, 5.74) is 4.31. The fourth-order valence-corrected chi connectivity index (χ4v) is 4.88. The molecule has 1 aliphatic carbocycles. The first-order valence-corrected chi connectivity index (χ1v) is 11.2. The third-order valence-electron chi connectivity index (χ3n) is 6.66. The molecule has 2 unspecified atom stereocenters. The highest BCUT2D eigenvalue weighted by Gasteiger charge is 2.28. The zero-order valence-corrected chi connectivity index (χ0v) is 18.0. The van der Waals surface area contributed by atoms with Gasteiger partial charge in [-0.15, -0.1) is 0 Å². The Balaban J connectivity index is 1.52. The normalized spacial score (nSPS) is 20.5. The van der Waals surface area contributed by atoms with E-state index in [0.717, 1.165) is 68.8 Å². The van der Waals surface area contributed by atoms with Crippen LogP contribution in [0.3, 0.4) is 0 Å². The van der Waals surface area contributed by atoms with E-state index in [1.165, 1.54) is 11.6 Å². The van der Waals surface area contributed by atoms with Crippen LogP contribution < -0.4 is 10.2 Å². The van der Waals surface area contributed by atoms with Crippen LogP contribution in [0.1, 0.15) is 55.3 Å². The maximum Gasteiger partial charge on any atom is 0.228 e. The van der Waals surface area contributed by atoms with Crippen LogP contribution >= 0.6 is 0 Å². The molecule has 2 aromatic rings. The molecular formula is C25H32FN3O. The van der Waals surface area contributed by atoms with Crippen LogP contribution in [0.2, 0.25) is 0 Å². The Morgan fingerprint density at radius 1 is 1.17 bits per heavy atom. The molecule has 1 N–H and O–H groups in total. The van der Waals surface area contributed by atoms with E-state index >= 15 is 0 Å². The minimum absolute atomic E-state index is 0.0423. The second-order valence-electron chi connectivity index (χ2n) is 8.50. The third kappa shape index (κ3) is 4.36. The molecule has 30 heavy (non-hydrogen) atoms. The number of carbonyl (C=O) groups is 1. The Morgan fingerprint density at radius 2 is 1.93 bits per heavy atom. The van der Waals surface area contributed by atoms with Gasteiger partial charge in [0.05, 0.1) is 12.0 Å². The Labute approximate surface area is 179 Å². The first kappa shape index (κ1) is 20.9. The Kier molecular flexibility index (Phi) is 6.38. The fraction of sp³-hybridized carbons (Fsp3) is 0.480. The SMILES string of the molecule is CCN1CCN(c2ccc(F)cc2C(C)NC(=O)C2CCCc3ccccc32)CC1. The summed E-state index contributed by atoms with van der Waals surface area (Å²) >= 11 is 0. The van der Waals surface area contributed by atoms with Crippen LogP contribution in [0.4, 0.5) is 10.1 Å². The molecule has 1 fully saturated rings. The lowest BCUT2D eigenvalue weighted by atomic mass is 9.82. The number of piperazine rings is 1. The lowest BCUT2D eigenvalue weighted by Gasteiger charge is -2.37. The van der Waals surface area contributed by atoms with Gasteiger partial charge in [-0.05, 0) is 62.1 Å². The molecule has 5 heteroatoms. The molecule has 4 rings (SSSR count). The monoisotopic (exact) mass is 409 g/mol. The summed E-state index contributed by atoms with van der Waals surface area (Å²) in [6.07, 6.45) is 2.92. The van der Waals surface area contributed by atoms with Crippen molar-refractivity contribution in [2.24, 2.45) is 0 Å². The van der Waals surface area contributed by atoms with Crippen LogP contribution in [-0.4, -0.2) is 43.5 Å². The van der Waals surface area contributed by atoms with Crippen LogP contribution in [0, 0.1) is 5.82 Å². The smallest absolute Gasteiger partial charge is 0.228 e. The van der Waals surface area contributed by atoms with Gasteiger partial charge in [-0.3, -0.25) is 4.79 Å². The van der Waals surface area contributed by atoms with Crippen molar-refractivity contribution >= 4 is 11.6 Å². The molecule has 0 aromatic heterocycles. The molecular weight excluding hydrogens is 377 g/mol. The number of amides is 1. The molecule has 160 valence electrons. The Bertz CT molecular complexity index is 892. The van der Waals surface area contributed by atoms with Crippen molar-refractivity contribution in [3.8, 4) is 0 Å². The summed E-state index contributed by atoms with van der Waals surface area (Å²) in [6, 6.07) is 13.0. The predicted molar refractivity (Wildman–Crippen MR) is 119 cm³/mol. The molecule has 1 saturated heterocycles. The number of fused-ring (bicyclic) bond motifs is 1. The van der Waals surface area contributed by atoms with Crippen molar-refractivity contribution in [1.29, 1.82) is 0 Å². The standard InChI is InChI=1S/C25H32FN3O/c1-3-28-13-15-29(16-14-28)24-12-11-20(26)17-23(24)18(2)27-25(30)22-10-6-8-19-7-4-5-9-21(19)22/h4-5,7,9,11-12,17-18,22H,3,6,8,10,13-16H2,1-2H3,(H,27,30). The second kappa shape index (κ2) is 9.17. The zero-order valence-electron chi connectivity index (χ0n) is 18.0. The predicted octanol–water partition coefficient (Wildman–Crippen LogP) is 4.26. The Hall–Kier alpha value is -2.40. The first-order chi connectivity index (χ1) is 14.6. The van der Waals surface area contributed by atoms with Gasteiger partial charge in [0, 0.05) is 37.4 Å². The number of nitrogens with zero attached hydrogens (tertiary/aromatic N) is 2. The minimum atomic E-state index is -0.259. The van der Waals surface area contributed by atoms with Gasteiger partial charge in [0.1, 0.15) is 5.82 Å². The van der Waals surface area contributed by atoms with E-state index in [1.54, 1.807) is 6.07 Å². The van der Waals surface area contributed by atoms with Crippen LogP contribution in [0.25, 0.3) is 0 Å². The lowest BCUT2D eigenvalue weighted by molar-refractivity contribution is -0.123. The quantitative estimate of drug-likeness (QED) is 0.801. The number of likely N-dealkylation sites (N-methyl/N-ethyl adjacent to an activating group) is 1. The zero-order chi connectivity index (χ0) is 21.1. The van der Waals surface area contributed by atoms with Gasteiger partial charge in [-0.2, -0.15) is 0 Å². The molecule has 0 radical (unpaired) electrons. The fourth-order valence-electron chi connectivity index (χ4n) is 4.88. The molecule has 1 heterocycles. The number of anilines is 1. The number of rotatable bonds is 5. The number of carbonyl (C=O) groups excluding carboxylic acids is 1. The van der Waals surface area contributed by atoms with Crippen molar-refractivity contribution in [1.82, 2.24) is 10.2 Å². The van der Waals surface area contributed by atoms with E-state index in [0.29, 0.717) is 0 Å². The average molecular weight is 410 g/mol. The van der Waals surface area contributed by atoms with E-state index in [9.17, 15) is 9.18 Å². The van der Waals surface area contributed by atoms with E-state index in [-0.39, 0.29) is 23.7 Å². The maximum absolute atomic E-state index is 14.1. The van der Waals surface area contributed by atoms with Crippen molar-refractivity contribution in [2.75, 3.05) is 37.6 Å². The van der Waals surface area contributed by atoms with Crippen LogP contribution in [-0.2, 0) is 11.2 Å². The van der Waals surface area contributed by atoms with Gasteiger partial charge in [0.25, 0.3) is 0 Å². The van der Waals surface area contributed by atoms with Crippen LogP contribution in [0.15, 0.2) is 42.5 Å². The van der Waals surface area contributed by atoms with Gasteiger partial charge >= 0.3 is 0 Å². The summed E-state index contributed by atoms with van der Waals surface area (Å²) in [5.74, 6) is -0.340. The average Bonchev–Trinajstić information content (AvgIpc) is 2.78. The molecule has 2 aliphatic rings. The highest BCUT2D eigenvalue weighted by Crippen LogP contribution is 2.33. The molecule has 2 aromatic carbocycles. The largest absolute Gasteiger partial charge is 0.369 e. The number of aryl methyl sites for hydroxylation is 1. The minimum Gasteiger partial charge on any atom is -0.369 e. The molecule has 0 saturated carbocycles. The highest BCUT2D eigenvalue weighted by atomic mass is 19.1. The van der Waals surface area contributed by atoms with Gasteiger partial charge in [-0.1, -0.05) is 31.2 Å². The number of nitrogens with one attached hydrogen (secondary N) is 1. The van der Waals surface area contributed by atoms with Gasteiger partial charge in [0.15, 0.2) is 0 Å². The first-order valence-electron chi connectivity index (χ1n) is 11.2. The van der Waals surface area contributed by atoms with Crippen molar-refractivity contribution in [2.45, 2.75) is 45.1 Å². The second-order valence-corrected chi connectivity index (χ2v) is 8.50. The third-order valence-corrected chi connectivity index (χ3v) is 6.66. The summed E-state index contributed by atoms with van der Waals surface area (Å²) in [4.78, 5) is 17.9. The van der Waals surface area contributed by atoms with E-state index in [2.05, 4.69) is 34.2 Å². The Morgan fingerprint density at radius 3 is 2.70 bits per heavy atom. The molecule has 1 aliphatic heterocycles. The van der Waals surface area contributed by atoms with Crippen molar-refractivity contribution in [3.63, 3.8) is 0 Å². The maximum atomic E-state index is 14.1. The summed E-state index contributed by atoms with van der Waals surface area (Å²) in [5, 5.41) is 3.19. The number of benzene rings is 2. The number of hydrogen-bond acceptors (Lipinski definition) is 3. The number of hydrogen-bond donors (Lipinski definition) is 1.